The standard InChI is InChI=1S/C15H15NO2/c1-17-14-7-3-5-11-10-15(18-2)12(6-4-8-16)9-13(11)14/h3,5,7,9-10H,4,6H2,1-2H3. The third-order valence-corrected chi connectivity index (χ3v) is 2.97. The number of benzene rings is 2. The van der Waals surface area contributed by atoms with Gasteiger partial charge in [0.25, 0.3) is 0 Å². The normalized spacial score (nSPS) is 10.1. The molecule has 0 unspecified atom stereocenters. The molecule has 0 aliphatic heterocycles. The molecule has 0 atom stereocenters. The number of hydrogen-bond acceptors (Lipinski definition) is 3. The van der Waals surface area contributed by atoms with Crippen LogP contribution in [0.25, 0.3) is 10.8 Å². The lowest BCUT2D eigenvalue weighted by Crippen LogP contribution is -1.94. The first-order valence-electron chi connectivity index (χ1n) is 5.80. The lowest BCUT2D eigenvalue weighted by molar-refractivity contribution is 0.409. The molecule has 0 bridgehead atoms. The molecule has 3 heteroatoms. The molecule has 0 aliphatic rings. The second kappa shape index (κ2) is 5.42. The monoisotopic (exact) mass is 241 g/mol. The molecular weight excluding hydrogens is 226 g/mol. The van der Waals surface area contributed by atoms with Gasteiger partial charge in [-0.15, -0.1) is 0 Å². The summed E-state index contributed by atoms with van der Waals surface area (Å²) < 4.78 is 10.7. The zero-order chi connectivity index (χ0) is 13.0. The van der Waals surface area contributed by atoms with Crippen LogP contribution in [0.3, 0.4) is 0 Å². The average Bonchev–Trinajstić information content (AvgIpc) is 2.43. The Morgan fingerprint density at radius 2 is 1.89 bits per heavy atom. The molecule has 0 N–H and O–H groups in total. The summed E-state index contributed by atoms with van der Waals surface area (Å²) in [6.45, 7) is 0. The zero-order valence-corrected chi connectivity index (χ0v) is 10.6. The van der Waals surface area contributed by atoms with Gasteiger partial charge in [0.2, 0.25) is 0 Å². The molecular formula is C15H15NO2. The molecule has 92 valence electrons. The number of ether oxygens (including phenoxy) is 2. The molecule has 2 rings (SSSR count). The van der Waals surface area contributed by atoms with Gasteiger partial charge >= 0.3 is 0 Å². The Morgan fingerprint density at radius 3 is 2.56 bits per heavy atom. The van der Waals surface area contributed by atoms with E-state index >= 15 is 0 Å². The van der Waals surface area contributed by atoms with Crippen LogP contribution < -0.4 is 9.47 Å². The smallest absolute Gasteiger partial charge is 0.126 e. The van der Waals surface area contributed by atoms with E-state index in [1.807, 2.05) is 30.3 Å². The molecule has 0 saturated heterocycles. The van der Waals surface area contributed by atoms with Crippen molar-refractivity contribution in [2.24, 2.45) is 0 Å². The number of methoxy groups -OCH3 is 2. The third kappa shape index (κ3) is 2.23. The van der Waals surface area contributed by atoms with E-state index in [9.17, 15) is 0 Å². The average molecular weight is 241 g/mol. The van der Waals surface area contributed by atoms with Crippen molar-refractivity contribution in [3.63, 3.8) is 0 Å². The second-order valence-electron chi connectivity index (χ2n) is 4.00. The maximum absolute atomic E-state index is 8.69. The summed E-state index contributed by atoms with van der Waals surface area (Å²) in [5.41, 5.74) is 1.04. The maximum Gasteiger partial charge on any atom is 0.126 e. The summed E-state index contributed by atoms with van der Waals surface area (Å²) in [6, 6.07) is 12.1. The van der Waals surface area contributed by atoms with Crippen molar-refractivity contribution in [2.45, 2.75) is 12.8 Å². The first kappa shape index (κ1) is 12.3. The van der Waals surface area contributed by atoms with E-state index in [2.05, 4.69) is 6.07 Å². The highest BCUT2D eigenvalue weighted by atomic mass is 16.5. The van der Waals surface area contributed by atoms with Gasteiger partial charge in [0.15, 0.2) is 0 Å². The van der Waals surface area contributed by atoms with E-state index in [1.54, 1.807) is 14.2 Å². The number of nitrogens with zero attached hydrogens (tertiary/aromatic N) is 1. The molecule has 2 aromatic carbocycles. The van der Waals surface area contributed by atoms with Gasteiger partial charge in [-0.3, -0.25) is 0 Å². The summed E-state index contributed by atoms with van der Waals surface area (Å²) in [7, 11) is 3.31. The summed E-state index contributed by atoms with van der Waals surface area (Å²) in [4.78, 5) is 0. The van der Waals surface area contributed by atoms with Crippen LogP contribution in [0.4, 0.5) is 0 Å². The largest absolute Gasteiger partial charge is 0.496 e. The fourth-order valence-electron chi connectivity index (χ4n) is 2.07. The molecule has 0 aliphatic carbocycles. The summed E-state index contributed by atoms with van der Waals surface area (Å²) >= 11 is 0. The van der Waals surface area contributed by atoms with Crippen LogP contribution in [0.2, 0.25) is 0 Å². The van der Waals surface area contributed by atoms with Gasteiger partial charge < -0.3 is 9.47 Å². The SMILES string of the molecule is COc1cc2cccc(OC)c2cc1CCC#N. The van der Waals surface area contributed by atoms with Crippen LogP contribution in [0.15, 0.2) is 30.3 Å². The Morgan fingerprint density at radius 1 is 1.11 bits per heavy atom. The highest BCUT2D eigenvalue weighted by Crippen LogP contribution is 2.32. The van der Waals surface area contributed by atoms with Gasteiger partial charge in [-0.05, 0) is 35.6 Å². The Kier molecular flexibility index (Phi) is 3.69. The molecule has 0 spiro atoms. The van der Waals surface area contributed by atoms with Crippen molar-refractivity contribution < 1.29 is 9.47 Å². The topological polar surface area (TPSA) is 42.2 Å². The van der Waals surface area contributed by atoms with Gasteiger partial charge in [-0.2, -0.15) is 5.26 Å². The first-order chi connectivity index (χ1) is 8.80. The van der Waals surface area contributed by atoms with Crippen LogP contribution >= 0.6 is 0 Å². The minimum Gasteiger partial charge on any atom is -0.496 e. The molecule has 0 heterocycles. The van der Waals surface area contributed by atoms with E-state index in [4.69, 9.17) is 14.7 Å². The van der Waals surface area contributed by atoms with Crippen molar-refractivity contribution in [3.05, 3.63) is 35.9 Å². The van der Waals surface area contributed by atoms with E-state index in [1.165, 1.54) is 0 Å². The quantitative estimate of drug-likeness (QED) is 0.824. The van der Waals surface area contributed by atoms with Crippen molar-refractivity contribution >= 4 is 10.8 Å². The number of fused-ring (bicyclic) bond motifs is 1. The Labute approximate surface area is 107 Å². The molecule has 0 radical (unpaired) electrons. The number of hydrogen-bond donors (Lipinski definition) is 0. The fraction of sp³-hybridized carbons (Fsp3) is 0.267. The highest BCUT2D eigenvalue weighted by molar-refractivity contribution is 5.90. The molecule has 0 fully saturated rings. The lowest BCUT2D eigenvalue weighted by Gasteiger charge is -2.11. The number of nitriles is 1. The molecule has 0 saturated carbocycles. The zero-order valence-electron chi connectivity index (χ0n) is 10.6. The van der Waals surface area contributed by atoms with Crippen LogP contribution in [-0.4, -0.2) is 14.2 Å². The molecule has 18 heavy (non-hydrogen) atoms. The molecule has 3 nitrogen and oxygen atoms in total. The Balaban J connectivity index is 2.59. The molecule has 0 aromatic heterocycles. The van der Waals surface area contributed by atoms with Crippen LogP contribution in [0, 0.1) is 11.3 Å². The minimum atomic E-state index is 0.483. The minimum absolute atomic E-state index is 0.483. The number of aryl methyl sites for hydroxylation is 1. The Bertz CT molecular complexity index is 599. The van der Waals surface area contributed by atoms with E-state index in [0.717, 1.165) is 27.8 Å². The highest BCUT2D eigenvalue weighted by Gasteiger charge is 2.08. The van der Waals surface area contributed by atoms with Gasteiger partial charge in [0, 0.05) is 11.8 Å². The Hall–Kier alpha value is -2.21. The fourth-order valence-corrected chi connectivity index (χ4v) is 2.07. The summed E-state index contributed by atoms with van der Waals surface area (Å²) in [5.74, 6) is 1.67. The van der Waals surface area contributed by atoms with Gasteiger partial charge in [0.1, 0.15) is 11.5 Å². The summed E-state index contributed by atoms with van der Waals surface area (Å²) in [5, 5.41) is 10.8. The van der Waals surface area contributed by atoms with Crippen LogP contribution in [-0.2, 0) is 6.42 Å². The van der Waals surface area contributed by atoms with Crippen LogP contribution in [0.1, 0.15) is 12.0 Å². The van der Waals surface area contributed by atoms with E-state index in [-0.39, 0.29) is 0 Å². The maximum atomic E-state index is 8.69. The van der Waals surface area contributed by atoms with Gasteiger partial charge in [0.05, 0.1) is 20.3 Å². The van der Waals surface area contributed by atoms with E-state index in [0.29, 0.717) is 12.8 Å². The predicted molar refractivity (Wildman–Crippen MR) is 71.0 cm³/mol. The predicted octanol–water partition coefficient (Wildman–Crippen LogP) is 3.31. The second-order valence-corrected chi connectivity index (χ2v) is 4.00. The lowest BCUT2D eigenvalue weighted by atomic mass is 10.0. The number of rotatable bonds is 4. The third-order valence-electron chi connectivity index (χ3n) is 2.97. The van der Waals surface area contributed by atoms with Crippen molar-refractivity contribution in [3.8, 4) is 17.6 Å². The van der Waals surface area contributed by atoms with Crippen molar-refractivity contribution in [1.82, 2.24) is 0 Å². The van der Waals surface area contributed by atoms with Crippen molar-refractivity contribution in [2.75, 3.05) is 14.2 Å². The van der Waals surface area contributed by atoms with Crippen molar-refractivity contribution in [1.29, 1.82) is 5.26 Å². The van der Waals surface area contributed by atoms with Gasteiger partial charge in [-0.1, -0.05) is 12.1 Å². The van der Waals surface area contributed by atoms with Gasteiger partial charge in [-0.25, -0.2) is 0 Å². The van der Waals surface area contributed by atoms with Crippen LogP contribution in [0.5, 0.6) is 11.5 Å². The molecule has 2 aromatic rings. The molecule has 0 amide bonds. The summed E-state index contributed by atoms with van der Waals surface area (Å²) in [6.07, 6.45) is 1.17. The van der Waals surface area contributed by atoms with E-state index < -0.39 is 0 Å². The first-order valence-corrected chi connectivity index (χ1v) is 5.80.